The summed E-state index contributed by atoms with van der Waals surface area (Å²) in [4.78, 5) is 25.9. The Morgan fingerprint density at radius 1 is 1.29 bits per heavy atom. The van der Waals surface area contributed by atoms with Crippen LogP contribution in [0.2, 0.25) is 0 Å². The van der Waals surface area contributed by atoms with Crippen molar-refractivity contribution in [3.8, 4) is 0 Å². The van der Waals surface area contributed by atoms with Gasteiger partial charge in [-0.05, 0) is 36.6 Å². The summed E-state index contributed by atoms with van der Waals surface area (Å²) in [6, 6.07) is 8.57. The number of aliphatic hydroxyl groups excluding tert-OH is 1. The average Bonchev–Trinajstić information content (AvgIpc) is 3.40. The lowest BCUT2D eigenvalue weighted by molar-refractivity contribution is 0.0602. The smallest absolute Gasteiger partial charge is 0.255 e. The number of benzene rings is 1. The number of nitrogens with zero attached hydrogens (tertiary/aromatic N) is 2. The molecule has 1 aliphatic rings. The largest absolute Gasteiger partial charge is 0.387 e. The third kappa shape index (κ3) is 3.54. The van der Waals surface area contributed by atoms with Gasteiger partial charge in [0.2, 0.25) is 5.56 Å². The summed E-state index contributed by atoms with van der Waals surface area (Å²) in [6.07, 6.45) is 2.41. The lowest BCUT2D eigenvalue weighted by Crippen LogP contribution is -2.37. The molecule has 5 nitrogen and oxygen atoms in total. The van der Waals surface area contributed by atoms with Crippen LogP contribution in [0.5, 0.6) is 0 Å². The van der Waals surface area contributed by atoms with Crippen LogP contribution in [0.1, 0.15) is 34.9 Å². The van der Waals surface area contributed by atoms with Crippen LogP contribution in [0.3, 0.4) is 0 Å². The second kappa shape index (κ2) is 6.57. The number of rotatable bonds is 5. The molecule has 0 aliphatic heterocycles. The quantitative estimate of drug-likeness (QED) is 0.910. The van der Waals surface area contributed by atoms with E-state index in [1.54, 1.807) is 11.9 Å². The molecule has 1 N–H and O–H groups in total. The van der Waals surface area contributed by atoms with E-state index in [0.29, 0.717) is 11.1 Å². The van der Waals surface area contributed by atoms with E-state index in [-0.39, 0.29) is 29.9 Å². The molecule has 1 atom stereocenters. The van der Waals surface area contributed by atoms with Gasteiger partial charge in [0, 0.05) is 25.4 Å². The molecule has 1 fully saturated rings. The number of hydrogen-bond acceptors (Lipinski definition) is 3. The van der Waals surface area contributed by atoms with E-state index in [0.717, 1.165) is 12.8 Å². The first kappa shape index (κ1) is 16.4. The molecular weight excluding hydrogens is 311 g/mol. The highest BCUT2D eigenvalue weighted by Gasteiger charge is 2.34. The van der Waals surface area contributed by atoms with Crippen LogP contribution in [0.4, 0.5) is 4.39 Å². The van der Waals surface area contributed by atoms with Crippen molar-refractivity contribution in [2.75, 3.05) is 6.54 Å². The standard InChI is InChI=1S/C18H19FN2O3/c1-20-10-13(4-9-17(20)23)18(24)21(15-7-8-15)11-16(22)12-2-5-14(19)6-3-12/h2-6,9-10,15-16,22H,7-8,11H2,1H3/t16-/m0/s1. The van der Waals surface area contributed by atoms with Crippen molar-refractivity contribution >= 4 is 5.91 Å². The number of halogens is 1. The third-order valence-electron chi connectivity index (χ3n) is 4.21. The lowest BCUT2D eigenvalue weighted by atomic mass is 10.1. The fourth-order valence-corrected chi connectivity index (χ4v) is 2.65. The van der Waals surface area contributed by atoms with Crippen molar-refractivity contribution in [1.82, 2.24) is 9.47 Å². The maximum absolute atomic E-state index is 13.0. The molecule has 0 unspecified atom stereocenters. The minimum atomic E-state index is -0.886. The minimum Gasteiger partial charge on any atom is -0.387 e. The number of pyridine rings is 1. The Balaban J connectivity index is 1.79. The Labute approximate surface area is 139 Å². The number of aliphatic hydroxyl groups is 1. The van der Waals surface area contributed by atoms with E-state index in [4.69, 9.17) is 0 Å². The lowest BCUT2D eigenvalue weighted by Gasteiger charge is -2.25. The van der Waals surface area contributed by atoms with Crippen LogP contribution < -0.4 is 5.56 Å². The van der Waals surface area contributed by atoms with Crippen LogP contribution in [-0.2, 0) is 7.05 Å². The summed E-state index contributed by atoms with van der Waals surface area (Å²) in [6.45, 7) is 0.137. The van der Waals surface area contributed by atoms with Crippen molar-refractivity contribution in [2.24, 2.45) is 7.05 Å². The molecule has 1 aromatic carbocycles. The van der Waals surface area contributed by atoms with E-state index in [9.17, 15) is 19.1 Å². The molecule has 1 heterocycles. The molecular formula is C18H19FN2O3. The molecule has 6 heteroatoms. The molecule has 0 saturated heterocycles. The fraction of sp³-hybridized carbons (Fsp3) is 0.333. The molecule has 1 aliphatic carbocycles. The Bertz CT molecular complexity index is 797. The van der Waals surface area contributed by atoms with Gasteiger partial charge in [-0.3, -0.25) is 9.59 Å². The number of hydrogen-bond donors (Lipinski definition) is 1. The topological polar surface area (TPSA) is 62.5 Å². The Kier molecular flexibility index (Phi) is 4.49. The summed E-state index contributed by atoms with van der Waals surface area (Å²) in [5, 5.41) is 10.4. The van der Waals surface area contributed by atoms with E-state index < -0.39 is 6.10 Å². The van der Waals surface area contributed by atoms with Gasteiger partial charge < -0.3 is 14.6 Å². The molecule has 0 bridgehead atoms. The van der Waals surface area contributed by atoms with Gasteiger partial charge in [-0.15, -0.1) is 0 Å². The molecule has 0 radical (unpaired) electrons. The maximum Gasteiger partial charge on any atom is 0.255 e. The molecule has 0 spiro atoms. The summed E-state index contributed by atoms with van der Waals surface area (Å²) in [7, 11) is 1.59. The first-order chi connectivity index (χ1) is 11.5. The van der Waals surface area contributed by atoms with Crippen molar-refractivity contribution in [3.05, 3.63) is 69.9 Å². The highest BCUT2D eigenvalue weighted by Crippen LogP contribution is 2.30. The van der Waals surface area contributed by atoms with Crippen molar-refractivity contribution in [3.63, 3.8) is 0 Å². The zero-order chi connectivity index (χ0) is 17.3. The number of amides is 1. The van der Waals surface area contributed by atoms with Gasteiger partial charge in [-0.1, -0.05) is 12.1 Å². The van der Waals surface area contributed by atoms with Crippen LogP contribution in [0.15, 0.2) is 47.4 Å². The average molecular weight is 330 g/mol. The van der Waals surface area contributed by atoms with Crippen molar-refractivity contribution in [1.29, 1.82) is 0 Å². The van der Waals surface area contributed by atoms with Crippen LogP contribution in [0, 0.1) is 5.82 Å². The second-order valence-electron chi connectivity index (χ2n) is 6.12. The number of aryl methyl sites for hydroxylation is 1. The van der Waals surface area contributed by atoms with E-state index in [1.165, 1.54) is 47.2 Å². The van der Waals surface area contributed by atoms with E-state index in [1.807, 2.05) is 0 Å². The van der Waals surface area contributed by atoms with Gasteiger partial charge in [0.05, 0.1) is 18.2 Å². The molecule has 126 valence electrons. The Morgan fingerprint density at radius 2 is 1.96 bits per heavy atom. The molecule has 2 aromatic rings. The normalized spacial score (nSPS) is 15.1. The molecule has 1 amide bonds. The van der Waals surface area contributed by atoms with Gasteiger partial charge >= 0.3 is 0 Å². The van der Waals surface area contributed by atoms with Gasteiger partial charge in [0.1, 0.15) is 5.82 Å². The van der Waals surface area contributed by atoms with Crippen LogP contribution in [-0.4, -0.2) is 33.1 Å². The van der Waals surface area contributed by atoms with E-state index >= 15 is 0 Å². The van der Waals surface area contributed by atoms with Crippen molar-refractivity contribution in [2.45, 2.75) is 25.0 Å². The number of carbonyl (C=O) groups excluding carboxylic acids is 1. The monoisotopic (exact) mass is 330 g/mol. The molecule has 3 rings (SSSR count). The summed E-state index contributed by atoms with van der Waals surface area (Å²) >= 11 is 0. The number of carbonyl (C=O) groups is 1. The summed E-state index contributed by atoms with van der Waals surface area (Å²) in [5.74, 6) is -0.583. The first-order valence-electron chi connectivity index (χ1n) is 7.87. The fourth-order valence-electron chi connectivity index (χ4n) is 2.65. The second-order valence-corrected chi connectivity index (χ2v) is 6.12. The Morgan fingerprint density at radius 3 is 2.54 bits per heavy atom. The van der Waals surface area contributed by atoms with Gasteiger partial charge in [-0.25, -0.2) is 4.39 Å². The van der Waals surface area contributed by atoms with Gasteiger partial charge in [0.25, 0.3) is 5.91 Å². The predicted molar refractivity (Wildman–Crippen MR) is 87.1 cm³/mol. The maximum atomic E-state index is 13.0. The SMILES string of the molecule is Cn1cc(C(=O)N(C[C@H](O)c2ccc(F)cc2)C2CC2)ccc1=O. The zero-order valence-corrected chi connectivity index (χ0v) is 13.4. The third-order valence-corrected chi connectivity index (χ3v) is 4.21. The molecule has 1 saturated carbocycles. The highest BCUT2D eigenvalue weighted by atomic mass is 19.1. The molecule has 1 aromatic heterocycles. The predicted octanol–water partition coefficient (Wildman–Crippen LogP) is 1.86. The van der Waals surface area contributed by atoms with Gasteiger partial charge in [-0.2, -0.15) is 0 Å². The highest BCUT2D eigenvalue weighted by molar-refractivity contribution is 5.94. The molecule has 24 heavy (non-hydrogen) atoms. The van der Waals surface area contributed by atoms with E-state index in [2.05, 4.69) is 0 Å². The number of aromatic nitrogens is 1. The summed E-state index contributed by atoms with van der Waals surface area (Å²) < 4.78 is 14.4. The van der Waals surface area contributed by atoms with Crippen LogP contribution >= 0.6 is 0 Å². The van der Waals surface area contributed by atoms with Gasteiger partial charge in [0.15, 0.2) is 0 Å². The Hall–Kier alpha value is -2.47. The van der Waals surface area contributed by atoms with Crippen molar-refractivity contribution < 1.29 is 14.3 Å². The summed E-state index contributed by atoms with van der Waals surface area (Å²) in [5.41, 5.74) is 0.793. The first-order valence-corrected chi connectivity index (χ1v) is 7.87. The minimum absolute atomic E-state index is 0.102. The van der Waals surface area contributed by atoms with Crippen LogP contribution in [0.25, 0.3) is 0 Å². The zero-order valence-electron chi connectivity index (χ0n) is 13.4.